The highest BCUT2D eigenvalue weighted by Crippen LogP contribution is 2.27. The number of aromatic nitrogens is 1. The highest BCUT2D eigenvalue weighted by molar-refractivity contribution is 6.24. The predicted molar refractivity (Wildman–Crippen MR) is 92.9 cm³/mol. The van der Waals surface area contributed by atoms with E-state index in [1.165, 1.54) is 6.20 Å². The first-order valence-electron chi connectivity index (χ1n) is 7.86. The van der Waals surface area contributed by atoms with E-state index in [4.69, 9.17) is 11.1 Å². The SMILES string of the molecule is C[N+]1(O)CCc2c(cncc2NC(=O)C(C(=N)N)=C2N=CC(F)=CN2)C1. The minimum atomic E-state index is -0.658. The van der Waals surface area contributed by atoms with Crippen LogP contribution in [0.5, 0.6) is 0 Å². The van der Waals surface area contributed by atoms with Crippen molar-refractivity contribution < 1.29 is 19.0 Å². The number of amidine groups is 1. The van der Waals surface area contributed by atoms with Gasteiger partial charge in [0.25, 0.3) is 5.91 Å². The maximum absolute atomic E-state index is 13.0. The molecule has 9 nitrogen and oxygen atoms in total. The van der Waals surface area contributed by atoms with Crippen LogP contribution in [-0.4, -0.2) is 46.4 Å². The first-order valence-corrected chi connectivity index (χ1v) is 7.86. The van der Waals surface area contributed by atoms with Gasteiger partial charge in [0.05, 0.1) is 25.1 Å². The average Bonchev–Trinajstić information content (AvgIpc) is 2.55. The number of quaternary nitrogens is 1. The molecule has 0 radical (unpaired) electrons. The van der Waals surface area contributed by atoms with Crippen molar-refractivity contribution in [2.45, 2.75) is 13.0 Å². The number of amides is 1. The lowest BCUT2D eigenvalue weighted by molar-refractivity contribution is -1.10. The number of anilines is 1. The van der Waals surface area contributed by atoms with Crippen LogP contribution >= 0.6 is 0 Å². The van der Waals surface area contributed by atoms with Crippen LogP contribution < -0.4 is 16.4 Å². The molecule has 0 bridgehead atoms. The summed E-state index contributed by atoms with van der Waals surface area (Å²) in [4.78, 5) is 20.5. The first kappa shape index (κ1) is 17.7. The zero-order valence-corrected chi connectivity index (χ0v) is 14.1. The Morgan fingerprint density at radius 2 is 2.27 bits per heavy atom. The van der Waals surface area contributed by atoms with E-state index in [1.807, 2.05) is 0 Å². The fourth-order valence-corrected chi connectivity index (χ4v) is 2.89. The predicted octanol–water partition coefficient (Wildman–Crippen LogP) is 0.544. The van der Waals surface area contributed by atoms with E-state index >= 15 is 0 Å². The number of fused-ring (bicyclic) bond motifs is 1. The third-order valence-corrected chi connectivity index (χ3v) is 4.15. The second-order valence-corrected chi connectivity index (χ2v) is 6.32. The van der Waals surface area contributed by atoms with Crippen LogP contribution in [0.3, 0.4) is 0 Å². The minimum absolute atomic E-state index is 0.0197. The van der Waals surface area contributed by atoms with Gasteiger partial charge in [0, 0.05) is 24.4 Å². The third-order valence-electron chi connectivity index (χ3n) is 4.15. The van der Waals surface area contributed by atoms with Crippen LogP contribution in [-0.2, 0) is 17.8 Å². The Morgan fingerprint density at radius 1 is 1.50 bits per heavy atom. The van der Waals surface area contributed by atoms with Gasteiger partial charge < -0.3 is 16.4 Å². The van der Waals surface area contributed by atoms with Crippen molar-refractivity contribution in [3.05, 3.63) is 46.9 Å². The molecule has 1 aromatic heterocycles. The van der Waals surface area contributed by atoms with E-state index in [9.17, 15) is 14.4 Å². The lowest BCUT2D eigenvalue weighted by atomic mass is 10.00. The summed E-state index contributed by atoms with van der Waals surface area (Å²) in [5.41, 5.74) is 7.49. The fourth-order valence-electron chi connectivity index (χ4n) is 2.89. The van der Waals surface area contributed by atoms with Gasteiger partial charge in [-0.25, -0.2) is 14.6 Å². The molecule has 2 aliphatic rings. The number of likely N-dealkylation sites (N-methyl/N-ethyl adjacent to an activating group) is 1. The van der Waals surface area contributed by atoms with Crippen LogP contribution in [0.25, 0.3) is 0 Å². The van der Waals surface area contributed by atoms with E-state index in [1.54, 1.807) is 13.2 Å². The van der Waals surface area contributed by atoms with Gasteiger partial charge in [0.2, 0.25) is 0 Å². The maximum Gasteiger partial charge on any atom is 0.263 e. The Bertz CT molecular complexity index is 873. The molecule has 2 aliphatic heterocycles. The molecule has 1 amide bonds. The summed E-state index contributed by atoms with van der Waals surface area (Å²) < 4.78 is 12.9. The number of rotatable bonds is 3. The second-order valence-electron chi connectivity index (χ2n) is 6.32. The van der Waals surface area contributed by atoms with Gasteiger partial charge >= 0.3 is 0 Å². The number of carbonyl (C=O) groups excluding carboxylic acids is 1. The Kier molecular flexibility index (Phi) is 4.53. The molecular formula is C16H19FN7O2+. The molecule has 136 valence electrons. The zero-order chi connectivity index (χ0) is 18.9. The van der Waals surface area contributed by atoms with Crippen molar-refractivity contribution >= 4 is 23.6 Å². The Balaban J connectivity index is 1.89. The van der Waals surface area contributed by atoms with Gasteiger partial charge in [-0.3, -0.25) is 15.2 Å². The number of hydroxylamine groups is 3. The topological polar surface area (TPSA) is 136 Å². The highest BCUT2D eigenvalue weighted by atomic mass is 19.1. The number of nitrogens with two attached hydrogens (primary N) is 1. The Hall–Kier alpha value is -3.11. The largest absolute Gasteiger partial charge is 0.383 e. The fraction of sp³-hybridized carbons (Fsp3) is 0.250. The normalized spacial score (nSPS) is 23.4. The molecular weight excluding hydrogens is 341 g/mol. The molecule has 0 spiro atoms. The summed E-state index contributed by atoms with van der Waals surface area (Å²) in [6.45, 7) is 0.874. The molecule has 0 saturated carbocycles. The zero-order valence-electron chi connectivity index (χ0n) is 14.1. The summed E-state index contributed by atoms with van der Waals surface area (Å²) in [5, 5.41) is 23.0. The lowest BCUT2D eigenvalue weighted by Crippen LogP contribution is -2.44. The van der Waals surface area contributed by atoms with Crippen LogP contribution in [0.4, 0.5) is 10.1 Å². The highest BCUT2D eigenvalue weighted by Gasteiger charge is 2.30. The Morgan fingerprint density at radius 3 is 2.92 bits per heavy atom. The van der Waals surface area contributed by atoms with E-state index in [2.05, 4.69) is 20.6 Å². The number of hydrogen-bond acceptors (Lipinski definition) is 6. The van der Waals surface area contributed by atoms with E-state index in [0.29, 0.717) is 25.2 Å². The number of aliphatic imine (C=N–C) groups is 1. The van der Waals surface area contributed by atoms with Crippen molar-refractivity contribution in [2.24, 2.45) is 10.7 Å². The van der Waals surface area contributed by atoms with E-state index in [-0.39, 0.29) is 16.0 Å². The summed E-state index contributed by atoms with van der Waals surface area (Å²) in [7, 11) is 1.70. The summed E-state index contributed by atoms with van der Waals surface area (Å²) >= 11 is 0. The maximum atomic E-state index is 13.0. The molecule has 6 N–H and O–H groups in total. The standard InChI is InChI=1S/C16H18FN7O2/c1-24(26)3-2-11-9(8-24)4-20-7-12(11)23-16(25)13(14(18)19)15-21-5-10(17)6-22-15/h4-7,26H,2-3,8H2,1H3,(H4-,18,19,21,22,23,25)/p+1. The van der Waals surface area contributed by atoms with Gasteiger partial charge in [-0.2, -0.15) is 4.65 Å². The van der Waals surface area contributed by atoms with Crippen LogP contribution in [0.1, 0.15) is 11.1 Å². The van der Waals surface area contributed by atoms with Crippen LogP contribution in [0.2, 0.25) is 0 Å². The molecule has 10 heteroatoms. The van der Waals surface area contributed by atoms with Crippen molar-refractivity contribution in [1.29, 1.82) is 5.41 Å². The van der Waals surface area contributed by atoms with Crippen LogP contribution in [0.15, 0.2) is 40.8 Å². The monoisotopic (exact) mass is 360 g/mol. The molecule has 26 heavy (non-hydrogen) atoms. The molecule has 0 saturated heterocycles. The Labute approximate surface area is 148 Å². The first-order chi connectivity index (χ1) is 12.3. The molecule has 0 fully saturated rings. The number of nitrogens with zero attached hydrogens (tertiary/aromatic N) is 3. The van der Waals surface area contributed by atoms with Gasteiger partial charge in [0.15, 0.2) is 5.83 Å². The molecule has 3 heterocycles. The van der Waals surface area contributed by atoms with Crippen molar-refractivity contribution in [1.82, 2.24) is 10.3 Å². The molecule has 0 aliphatic carbocycles. The lowest BCUT2D eigenvalue weighted by Gasteiger charge is -2.31. The van der Waals surface area contributed by atoms with Gasteiger partial charge in [-0.15, -0.1) is 0 Å². The smallest absolute Gasteiger partial charge is 0.263 e. The number of carbonyl (C=O) groups is 1. The summed E-state index contributed by atoms with van der Waals surface area (Å²) in [6.07, 6.45) is 5.65. The molecule has 3 rings (SSSR count). The van der Waals surface area contributed by atoms with Gasteiger partial charge in [0.1, 0.15) is 30.3 Å². The summed E-state index contributed by atoms with van der Waals surface area (Å²) in [5.74, 6) is -1.79. The number of nitrogens with one attached hydrogen (secondary N) is 3. The van der Waals surface area contributed by atoms with Crippen molar-refractivity contribution in [2.75, 3.05) is 18.9 Å². The van der Waals surface area contributed by atoms with E-state index in [0.717, 1.165) is 23.5 Å². The number of pyridine rings is 1. The van der Waals surface area contributed by atoms with Crippen molar-refractivity contribution in [3.8, 4) is 0 Å². The molecule has 1 atom stereocenters. The number of halogens is 1. The number of allylic oxidation sites excluding steroid dienone is 1. The third kappa shape index (κ3) is 3.60. The quantitative estimate of drug-likeness (QED) is 0.232. The van der Waals surface area contributed by atoms with Gasteiger partial charge in [-0.1, -0.05) is 0 Å². The van der Waals surface area contributed by atoms with Crippen LogP contribution in [0, 0.1) is 5.41 Å². The molecule has 0 aromatic carbocycles. The van der Waals surface area contributed by atoms with Crippen molar-refractivity contribution in [3.63, 3.8) is 0 Å². The molecule has 1 unspecified atom stereocenters. The summed E-state index contributed by atoms with van der Waals surface area (Å²) in [6, 6.07) is 0. The molecule has 1 aromatic rings. The number of hydrogen-bond donors (Lipinski definition) is 5. The minimum Gasteiger partial charge on any atom is -0.383 e. The van der Waals surface area contributed by atoms with Gasteiger partial charge in [-0.05, 0) is 5.56 Å². The second kappa shape index (κ2) is 6.65. The average molecular weight is 360 g/mol. The van der Waals surface area contributed by atoms with E-state index < -0.39 is 17.6 Å².